The monoisotopic (exact) mass is 315 g/mol. The van der Waals surface area contributed by atoms with Crippen LogP contribution in [0.4, 0.5) is 5.69 Å². The van der Waals surface area contributed by atoms with Crippen LogP contribution in [-0.4, -0.2) is 18.1 Å². The molecule has 0 atom stereocenters. The van der Waals surface area contributed by atoms with Crippen LogP contribution in [0.2, 0.25) is 0 Å². The highest BCUT2D eigenvalue weighted by atomic mass is 32.1. The molecule has 0 aromatic heterocycles. The summed E-state index contributed by atoms with van der Waals surface area (Å²) in [4.78, 5) is 11.9. The molecule has 2 aromatic carbocycles. The summed E-state index contributed by atoms with van der Waals surface area (Å²) < 4.78 is 5.12. The number of carbonyl (C=O) groups excluding carboxylic acids is 1. The second kappa shape index (κ2) is 7.99. The smallest absolute Gasteiger partial charge is 0.242 e. The van der Waals surface area contributed by atoms with Crippen molar-refractivity contribution in [2.45, 2.75) is 6.42 Å². The number of benzene rings is 2. The van der Waals surface area contributed by atoms with Gasteiger partial charge in [0.1, 0.15) is 5.75 Å². The van der Waals surface area contributed by atoms with E-state index in [9.17, 15) is 4.79 Å². The summed E-state index contributed by atoms with van der Waals surface area (Å²) in [5, 5.41) is 3.29. The number of carbonyl (C=O) groups is 1. The highest BCUT2D eigenvalue weighted by Crippen LogP contribution is 2.12. The molecule has 6 heteroatoms. The minimum Gasteiger partial charge on any atom is -0.497 e. The molecule has 0 aliphatic rings. The average Bonchev–Trinajstić information content (AvgIpc) is 2.54. The minimum atomic E-state index is -0.189. The normalized spacial score (nSPS) is 9.68. The maximum absolute atomic E-state index is 11.9. The number of nitrogens with one attached hydrogen (secondary N) is 3. The zero-order valence-electron chi connectivity index (χ0n) is 12.1. The van der Waals surface area contributed by atoms with Crippen molar-refractivity contribution in [3.05, 3.63) is 60.2 Å². The Morgan fingerprint density at radius 1 is 1.09 bits per heavy atom. The van der Waals surface area contributed by atoms with Gasteiger partial charge in [-0.05, 0) is 42.0 Å². The molecule has 1 amide bonds. The van der Waals surface area contributed by atoms with E-state index in [0.717, 1.165) is 17.0 Å². The number of hydrazine groups is 1. The number of ether oxygens (including phenoxy) is 1. The Kier molecular flexibility index (Phi) is 5.73. The quantitative estimate of drug-likeness (QED) is 0.597. The predicted molar refractivity (Wildman–Crippen MR) is 90.6 cm³/mol. The molecule has 0 bridgehead atoms. The zero-order chi connectivity index (χ0) is 15.8. The Hall–Kier alpha value is -2.60. The fourth-order valence-corrected chi connectivity index (χ4v) is 1.99. The van der Waals surface area contributed by atoms with Gasteiger partial charge in [-0.3, -0.25) is 15.6 Å². The summed E-state index contributed by atoms with van der Waals surface area (Å²) in [6.07, 6.45) is 0.234. The van der Waals surface area contributed by atoms with Crippen LogP contribution >= 0.6 is 12.2 Å². The number of para-hydroxylation sites is 1. The first kappa shape index (κ1) is 15.8. The van der Waals surface area contributed by atoms with Gasteiger partial charge in [0.05, 0.1) is 13.5 Å². The highest BCUT2D eigenvalue weighted by Gasteiger charge is 2.05. The Morgan fingerprint density at radius 2 is 1.86 bits per heavy atom. The van der Waals surface area contributed by atoms with Crippen LogP contribution in [0.3, 0.4) is 0 Å². The lowest BCUT2D eigenvalue weighted by atomic mass is 10.1. The number of amides is 1. The summed E-state index contributed by atoms with van der Waals surface area (Å²) in [7, 11) is 1.59. The molecule has 0 unspecified atom stereocenters. The number of anilines is 1. The van der Waals surface area contributed by atoms with Crippen LogP contribution in [0.15, 0.2) is 54.6 Å². The van der Waals surface area contributed by atoms with Crippen molar-refractivity contribution in [2.75, 3.05) is 12.4 Å². The maximum Gasteiger partial charge on any atom is 0.242 e. The third kappa shape index (κ3) is 5.06. The number of hydrogen-bond acceptors (Lipinski definition) is 3. The van der Waals surface area contributed by atoms with E-state index in [1.54, 1.807) is 7.11 Å². The molecule has 0 aliphatic carbocycles. The van der Waals surface area contributed by atoms with Crippen molar-refractivity contribution in [2.24, 2.45) is 0 Å². The first-order chi connectivity index (χ1) is 10.7. The van der Waals surface area contributed by atoms with Crippen molar-refractivity contribution in [1.82, 2.24) is 10.9 Å². The summed E-state index contributed by atoms with van der Waals surface area (Å²) in [6.45, 7) is 0. The van der Waals surface area contributed by atoms with Crippen LogP contribution < -0.4 is 20.9 Å². The van der Waals surface area contributed by atoms with Crippen molar-refractivity contribution >= 4 is 28.9 Å². The SMILES string of the molecule is COc1cccc(CC(=O)NNC(=S)Nc2ccccc2)c1. The second-order valence-corrected chi connectivity index (χ2v) is 4.93. The number of methoxy groups -OCH3 is 1. The highest BCUT2D eigenvalue weighted by molar-refractivity contribution is 7.80. The van der Waals surface area contributed by atoms with Crippen molar-refractivity contribution < 1.29 is 9.53 Å². The first-order valence-electron chi connectivity index (χ1n) is 6.71. The molecule has 0 fully saturated rings. The van der Waals surface area contributed by atoms with Gasteiger partial charge in [0.2, 0.25) is 5.91 Å². The summed E-state index contributed by atoms with van der Waals surface area (Å²) in [6, 6.07) is 16.8. The predicted octanol–water partition coefficient (Wildman–Crippen LogP) is 2.26. The van der Waals surface area contributed by atoms with E-state index >= 15 is 0 Å². The van der Waals surface area contributed by atoms with E-state index in [4.69, 9.17) is 17.0 Å². The second-order valence-electron chi connectivity index (χ2n) is 4.52. The first-order valence-corrected chi connectivity index (χ1v) is 7.12. The van der Waals surface area contributed by atoms with Gasteiger partial charge in [-0.15, -0.1) is 0 Å². The van der Waals surface area contributed by atoms with Crippen molar-refractivity contribution in [3.63, 3.8) is 0 Å². The summed E-state index contributed by atoms with van der Waals surface area (Å²) in [5.74, 6) is 0.532. The van der Waals surface area contributed by atoms with Gasteiger partial charge in [0.15, 0.2) is 5.11 Å². The molecule has 0 radical (unpaired) electrons. The van der Waals surface area contributed by atoms with Gasteiger partial charge < -0.3 is 10.1 Å². The number of rotatable bonds is 4. The molecular weight excluding hydrogens is 298 g/mol. The molecule has 3 N–H and O–H groups in total. The van der Waals surface area contributed by atoms with E-state index in [1.165, 1.54) is 0 Å². The van der Waals surface area contributed by atoms with E-state index in [0.29, 0.717) is 5.11 Å². The van der Waals surface area contributed by atoms with Gasteiger partial charge in [-0.1, -0.05) is 30.3 Å². The summed E-state index contributed by atoms with van der Waals surface area (Å²) >= 11 is 5.10. The number of hydrogen-bond donors (Lipinski definition) is 3. The van der Waals surface area contributed by atoms with Crippen LogP contribution in [0, 0.1) is 0 Å². The fourth-order valence-electron chi connectivity index (χ4n) is 1.82. The third-order valence-corrected chi connectivity index (χ3v) is 3.05. The maximum atomic E-state index is 11.9. The largest absolute Gasteiger partial charge is 0.497 e. The lowest BCUT2D eigenvalue weighted by Gasteiger charge is -2.11. The molecule has 2 aromatic rings. The van der Waals surface area contributed by atoms with Crippen LogP contribution in [0.5, 0.6) is 5.75 Å². The lowest BCUT2D eigenvalue weighted by molar-refractivity contribution is -0.120. The molecule has 22 heavy (non-hydrogen) atoms. The van der Waals surface area contributed by atoms with E-state index < -0.39 is 0 Å². The Balaban J connectivity index is 1.78. The van der Waals surface area contributed by atoms with Crippen molar-refractivity contribution in [1.29, 1.82) is 0 Å². The van der Waals surface area contributed by atoms with Gasteiger partial charge >= 0.3 is 0 Å². The molecular formula is C16H17N3O2S. The third-order valence-electron chi connectivity index (χ3n) is 2.85. The standard InChI is InChI=1S/C16H17N3O2S/c1-21-14-9-5-6-12(10-14)11-15(20)18-19-16(22)17-13-7-3-2-4-8-13/h2-10H,11H2,1H3,(H,18,20)(H2,17,19,22). The Bertz CT molecular complexity index is 647. The molecule has 2 rings (SSSR count). The van der Waals surface area contributed by atoms with Gasteiger partial charge in [-0.2, -0.15) is 0 Å². The summed E-state index contributed by atoms with van der Waals surface area (Å²) in [5.41, 5.74) is 6.94. The molecule has 0 saturated carbocycles. The molecule has 0 heterocycles. The van der Waals surface area contributed by atoms with Crippen LogP contribution in [-0.2, 0) is 11.2 Å². The lowest BCUT2D eigenvalue weighted by Crippen LogP contribution is -2.44. The zero-order valence-corrected chi connectivity index (χ0v) is 12.9. The molecule has 5 nitrogen and oxygen atoms in total. The number of thiocarbonyl (C=S) groups is 1. The fraction of sp³-hybridized carbons (Fsp3) is 0.125. The molecule has 0 saturated heterocycles. The van der Waals surface area contributed by atoms with Crippen LogP contribution in [0.25, 0.3) is 0 Å². The average molecular weight is 315 g/mol. The molecule has 114 valence electrons. The Morgan fingerprint density at radius 3 is 2.59 bits per heavy atom. The van der Waals surface area contributed by atoms with Gasteiger partial charge in [0, 0.05) is 5.69 Å². The van der Waals surface area contributed by atoms with Crippen LogP contribution in [0.1, 0.15) is 5.56 Å². The minimum absolute atomic E-state index is 0.189. The van der Waals surface area contributed by atoms with Gasteiger partial charge in [-0.25, -0.2) is 0 Å². The molecule has 0 spiro atoms. The van der Waals surface area contributed by atoms with Gasteiger partial charge in [0.25, 0.3) is 0 Å². The van der Waals surface area contributed by atoms with E-state index in [-0.39, 0.29) is 12.3 Å². The topological polar surface area (TPSA) is 62.4 Å². The molecule has 0 aliphatic heterocycles. The van der Waals surface area contributed by atoms with E-state index in [1.807, 2.05) is 54.6 Å². The van der Waals surface area contributed by atoms with Crippen molar-refractivity contribution in [3.8, 4) is 5.75 Å². The Labute approximate surface area is 134 Å². The van der Waals surface area contributed by atoms with E-state index in [2.05, 4.69) is 16.2 Å².